The van der Waals surface area contributed by atoms with E-state index < -0.39 is 12.0 Å². The Balaban J connectivity index is 3.22. The number of nitrogens with two attached hydrogens (primary N) is 2. The summed E-state index contributed by atoms with van der Waals surface area (Å²) in [4.78, 5) is 22.1. The molecule has 0 rings (SSSR count). The first kappa shape index (κ1) is 25.7. The van der Waals surface area contributed by atoms with Crippen LogP contribution in [0.5, 0.6) is 0 Å². The van der Waals surface area contributed by atoms with Gasteiger partial charge in [-0.25, -0.2) is 0 Å². The Bertz CT molecular complexity index is 372. The zero-order valence-electron chi connectivity index (χ0n) is 16.0. The molecular weight excluding hydrogens is 358 g/mol. The summed E-state index contributed by atoms with van der Waals surface area (Å²) in [7, 11) is 0. The molecule has 0 unspecified atom stereocenters. The number of amides is 1. The lowest BCUT2D eigenvalue weighted by atomic mass is 10.1. The van der Waals surface area contributed by atoms with Gasteiger partial charge in [0.1, 0.15) is 6.04 Å². The molecule has 0 heterocycles. The minimum absolute atomic E-state index is 0.0938. The van der Waals surface area contributed by atoms with Crippen molar-refractivity contribution in [2.45, 2.75) is 31.7 Å². The summed E-state index contributed by atoms with van der Waals surface area (Å²) in [5.41, 5.74) is 10.7. The van der Waals surface area contributed by atoms with Gasteiger partial charge in [-0.15, -0.1) is 0 Å². The number of hydrogen-bond acceptors (Lipinski definition) is 8. The molecule has 10 nitrogen and oxygen atoms in total. The fourth-order valence-electron chi connectivity index (χ4n) is 1.94. The van der Waals surface area contributed by atoms with Crippen LogP contribution in [0.1, 0.15) is 25.7 Å². The molecule has 1 atom stereocenters. The van der Waals surface area contributed by atoms with Crippen molar-refractivity contribution in [1.82, 2.24) is 5.32 Å². The van der Waals surface area contributed by atoms with Crippen LogP contribution in [-0.2, 0) is 28.5 Å². The Kier molecular flexibility index (Phi) is 18.5. The molecule has 0 saturated heterocycles. The van der Waals surface area contributed by atoms with Crippen LogP contribution < -0.4 is 16.8 Å². The topological polar surface area (TPSA) is 155 Å². The molecule has 0 aromatic carbocycles. The Morgan fingerprint density at radius 2 is 1.37 bits per heavy atom. The lowest BCUT2D eigenvalue weighted by Gasteiger charge is -2.08. The van der Waals surface area contributed by atoms with Crippen molar-refractivity contribution in [2.24, 2.45) is 11.5 Å². The standard InChI is InChI=1S/C17H35N3O7/c18-5-8-25-10-12-27-14-13-26-11-9-24-7-4-16(21)20-6-2-1-3-15(19)17(22)23/h15H,1-14,18-19H2,(H,20,21)(H,22,23)/t15-/m0/s1. The fourth-order valence-corrected chi connectivity index (χ4v) is 1.94. The normalized spacial score (nSPS) is 12.1. The predicted octanol–water partition coefficient (Wildman–Crippen LogP) is -0.900. The van der Waals surface area contributed by atoms with E-state index in [1.807, 2.05) is 0 Å². The van der Waals surface area contributed by atoms with Crippen LogP contribution in [0.2, 0.25) is 0 Å². The van der Waals surface area contributed by atoms with Gasteiger partial charge in [-0.3, -0.25) is 9.59 Å². The first-order valence-corrected chi connectivity index (χ1v) is 9.34. The van der Waals surface area contributed by atoms with Crippen molar-refractivity contribution in [3.8, 4) is 0 Å². The van der Waals surface area contributed by atoms with Crippen LogP contribution in [0.25, 0.3) is 0 Å². The molecule has 0 radical (unpaired) electrons. The van der Waals surface area contributed by atoms with Gasteiger partial charge < -0.3 is 40.8 Å². The summed E-state index contributed by atoms with van der Waals surface area (Å²) in [5.74, 6) is -1.09. The van der Waals surface area contributed by atoms with E-state index in [-0.39, 0.29) is 12.3 Å². The van der Waals surface area contributed by atoms with Crippen molar-refractivity contribution < 1.29 is 33.6 Å². The van der Waals surface area contributed by atoms with Crippen LogP contribution in [0.4, 0.5) is 0 Å². The molecule has 27 heavy (non-hydrogen) atoms. The van der Waals surface area contributed by atoms with E-state index in [0.29, 0.717) is 85.2 Å². The van der Waals surface area contributed by atoms with Gasteiger partial charge in [0.25, 0.3) is 0 Å². The molecule has 1 amide bonds. The maximum Gasteiger partial charge on any atom is 0.320 e. The second-order valence-corrected chi connectivity index (χ2v) is 5.78. The van der Waals surface area contributed by atoms with Crippen molar-refractivity contribution >= 4 is 11.9 Å². The van der Waals surface area contributed by atoms with Crippen molar-refractivity contribution in [1.29, 1.82) is 0 Å². The number of unbranched alkanes of at least 4 members (excludes halogenated alkanes) is 1. The summed E-state index contributed by atoms with van der Waals surface area (Å²) < 4.78 is 21.1. The van der Waals surface area contributed by atoms with Crippen LogP contribution in [-0.4, -0.2) is 89.0 Å². The summed E-state index contributed by atoms with van der Waals surface area (Å²) in [6.45, 7) is 4.75. The van der Waals surface area contributed by atoms with E-state index in [0.717, 1.165) is 0 Å². The second-order valence-electron chi connectivity index (χ2n) is 5.78. The summed E-state index contributed by atoms with van der Waals surface area (Å²) in [6, 6.07) is -0.835. The number of carbonyl (C=O) groups is 2. The van der Waals surface area contributed by atoms with Crippen molar-refractivity contribution in [3.05, 3.63) is 0 Å². The summed E-state index contributed by atoms with van der Waals surface area (Å²) in [5, 5.41) is 11.4. The molecule has 0 aliphatic heterocycles. The number of ether oxygens (including phenoxy) is 4. The number of nitrogens with one attached hydrogen (secondary N) is 1. The van der Waals surface area contributed by atoms with Gasteiger partial charge in [0.05, 0.1) is 52.9 Å². The molecule has 6 N–H and O–H groups in total. The minimum atomic E-state index is -0.999. The number of aliphatic carboxylic acids is 1. The third kappa shape index (κ3) is 19.3. The maximum atomic E-state index is 11.6. The molecule has 0 aromatic rings. The van der Waals surface area contributed by atoms with Gasteiger partial charge in [-0.1, -0.05) is 0 Å². The SMILES string of the molecule is NCCOCCOCCOCCOCCC(=O)NCCCC[C@H](N)C(=O)O. The lowest BCUT2D eigenvalue weighted by molar-refractivity contribution is -0.138. The average molecular weight is 393 g/mol. The van der Waals surface area contributed by atoms with Crippen LogP contribution in [0.15, 0.2) is 0 Å². The molecule has 0 bridgehead atoms. The van der Waals surface area contributed by atoms with Crippen molar-refractivity contribution in [3.63, 3.8) is 0 Å². The van der Waals surface area contributed by atoms with Gasteiger partial charge in [-0.05, 0) is 19.3 Å². The quantitative estimate of drug-likeness (QED) is 0.193. The lowest BCUT2D eigenvalue weighted by Crippen LogP contribution is -2.30. The summed E-state index contributed by atoms with van der Waals surface area (Å²) >= 11 is 0. The Labute approximate surface area is 160 Å². The molecule has 0 aliphatic rings. The Morgan fingerprint density at radius 1 is 0.852 bits per heavy atom. The largest absolute Gasteiger partial charge is 0.480 e. The number of hydrogen-bond donors (Lipinski definition) is 4. The van der Waals surface area contributed by atoms with E-state index in [1.54, 1.807) is 0 Å². The zero-order chi connectivity index (χ0) is 20.2. The van der Waals surface area contributed by atoms with E-state index >= 15 is 0 Å². The van der Waals surface area contributed by atoms with Crippen LogP contribution in [0.3, 0.4) is 0 Å². The van der Waals surface area contributed by atoms with Gasteiger partial charge in [0, 0.05) is 19.5 Å². The molecule has 10 heteroatoms. The number of carboxylic acid groups (broad SMARTS) is 1. The third-order valence-electron chi connectivity index (χ3n) is 3.43. The highest BCUT2D eigenvalue weighted by Crippen LogP contribution is 1.98. The smallest absolute Gasteiger partial charge is 0.320 e. The van der Waals surface area contributed by atoms with Crippen LogP contribution in [0, 0.1) is 0 Å². The van der Waals surface area contributed by atoms with E-state index in [1.165, 1.54) is 0 Å². The second kappa shape index (κ2) is 19.5. The first-order chi connectivity index (χ1) is 13.1. The number of carbonyl (C=O) groups excluding carboxylic acids is 1. The molecule has 0 fully saturated rings. The molecular formula is C17H35N3O7. The molecule has 0 spiro atoms. The minimum Gasteiger partial charge on any atom is -0.480 e. The average Bonchev–Trinajstić information content (AvgIpc) is 2.64. The highest BCUT2D eigenvalue weighted by molar-refractivity contribution is 5.75. The van der Waals surface area contributed by atoms with Gasteiger partial charge >= 0.3 is 5.97 Å². The van der Waals surface area contributed by atoms with Gasteiger partial charge in [-0.2, -0.15) is 0 Å². The predicted molar refractivity (Wildman–Crippen MR) is 99.4 cm³/mol. The van der Waals surface area contributed by atoms with Gasteiger partial charge in [0.2, 0.25) is 5.91 Å². The monoisotopic (exact) mass is 393 g/mol. The van der Waals surface area contributed by atoms with E-state index in [2.05, 4.69) is 5.32 Å². The zero-order valence-corrected chi connectivity index (χ0v) is 16.0. The molecule has 0 saturated carbocycles. The molecule has 160 valence electrons. The van der Waals surface area contributed by atoms with Crippen molar-refractivity contribution in [2.75, 3.05) is 65.9 Å². The Hall–Kier alpha value is -1.30. The van der Waals surface area contributed by atoms with Gasteiger partial charge in [0.15, 0.2) is 0 Å². The van der Waals surface area contributed by atoms with Crippen LogP contribution >= 0.6 is 0 Å². The highest BCUT2D eigenvalue weighted by atomic mass is 16.6. The maximum absolute atomic E-state index is 11.6. The third-order valence-corrected chi connectivity index (χ3v) is 3.43. The first-order valence-electron chi connectivity index (χ1n) is 9.34. The molecule has 0 aliphatic carbocycles. The summed E-state index contributed by atoms with van der Waals surface area (Å²) in [6.07, 6.45) is 2.04. The van der Waals surface area contributed by atoms with E-state index in [9.17, 15) is 9.59 Å². The number of rotatable bonds is 20. The highest BCUT2D eigenvalue weighted by Gasteiger charge is 2.10. The number of carboxylic acids is 1. The Morgan fingerprint density at radius 3 is 1.89 bits per heavy atom. The molecule has 0 aromatic heterocycles. The van der Waals surface area contributed by atoms with E-state index in [4.69, 9.17) is 35.5 Å². The fraction of sp³-hybridized carbons (Fsp3) is 0.882.